The van der Waals surface area contributed by atoms with E-state index in [-0.39, 0.29) is 17.3 Å². The minimum absolute atomic E-state index is 0.0528. The van der Waals surface area contributed by atoms with Crippen LogP contribution in [0.5, 0.6) is 0 Å². The van der Waals surface area contributed by atoms with E-state index in [4.69, 9.17) is 0 Å². The molecule has 4 heterocycles. The van der Waals surface area contributed by atoms with E-state index in [0.717, 1.165) is 56.1 Å². The third kappa shape index (κ3) is 4.60. The number of anilines is 1. The molecule has 3 aliphatic rings. The molecule has 0 radical (unpaired) electrons. The molecule has 0 bridgehead atoms. The van der Waals surface area contributed by atoms with Crippen LogP contribution in [0.2, 0.25) is 0 Å². The molecule has 1 saturated carbocycles. The topological polar surface area (TPSA) is 74.6 Å². The van der Waals surface area contributed by atoms with Crippen LogP contribution < -0.4 is 4.90 Å². The number of benzene rings is 1. The Morgan fingerprint density at radius 1 is 1.05 bits per heavy atom. The van der Waals surface area contributed by atoms with Gasteiger partial charge in [0.05, 0.1) is 18.6 Å². The highest BCUT2D eigenvalue weighted by molar-refractivity contribution is 7.91. The monoisotopic (exact) mass is 544 g/mol. The second kappa shape index (κ2) is 9.44. The maximum atomic E-state index is 13.4. The van der Waals surface area contributed by atoms with Gasteiger partial charge in [0.2, 0.25) is 0 Å². The summed E-state index contributed by atoms with van der Waals surface area (Å²) in [7, 11) is -1.44. The van der Waals surface area contributed by atoms with Crippen molar-refractivity contribution in [3.8, 4) is 0 Å². The Labute approximate surface area is 221 Å². The number of piperidine rings is 1. The van der Waals surface area contributed by atoms with E-state index < -0.39 is 10.0 Å². The van der Waals surface area contributed by atoms with Crippen molar-refractivity contribution in [3.63, 3.8) is 0 Å². The van der Waals surface area contributed by atoms with Gasteiger partial charge < -0.3 is 14.4 Å². The summed E-state index contributed by atoms with van der Waals surface area (Å²) in [6.45, 7) is 6.82. The number of aromatic nitrogens is 3. The van der Waals surface area contributed by atoms with Crippen molar-refractivity contribution >= 4 is 26.5 Å². The van der Waals surface area contributed by atoms with Crippen molar-refractivity contribution in [2.24, 2.45) is 5.41 Å². The zero-order chi connectivity index (χ0) is 25.8. The van der Waals surface area contributed by atoms with Gasteiger partial charge in [0.1, 0.15) is 5.82 Å². The van der Waals surface area contributed by atoms with Crippen molar-refractivity contribution in [3.05, 3.63) is 60.1 Å². The first-order valence-corrected chi connectivity index (χ1v) is 15.2. The Kier molecular flexibility index (Phi) is 6.37. The zero-order valence-electron chi connectivity index (χ0n) is 21.3. The smallest absolute Gasteiger partial charge is 0.254 e. The number of sulfonamides is 1. The van der Waals surface area contributed by atoms with Crippen molar-refractivity contribution in [1.29, 1.82) is 0 Å². The Balaban J connectivity index is 1.11. The fraction of sp³-hybridized carbons (Fsp3) is 0.538. The molecule has 6 rings (SSSR count). The van der Waals surface area contributed by atoms with Crippen LogP contribution in [-0.2, 0) is 10.0 Å². The average Bonchev–Trinajstić information content (AvgIpc) is 3.26. The summed E-state index contributed by atoms with van der Waals surface area (Å²) in [6.07, 6.45) is 8.08. The molecular weight excluding hydrogens is 511 g/mol. The largest absolute Gasteiger partial charge is 0.345 e. The van der Waals surface area contributed by atoms with Gasteiger partial charge in [-0.3, -0.25) is 0 Å². The molecule has 1 aliphatic carbocycles. The molecule has 2 aliphatic heterocycles. The molecule has 1 spiro atoms. The average molecular weight is 545 g/mol. The second-order valence-corrected chi connectivity index (χ2v) is 13.9. The van der Waals surface area contributed by atoms with Crippen LogP contribution in [0, 0.1) is 11.2 Å². The summed E-state index contributed by atoms with van der Waals surface area (Å²) in [5.41, 5.74) is 2.36. The quantitative estimate of drug-likeness (QED) is 0.470. The molecule has 3 fully saturated rings. The molecule has 11 heteroatoms. The molecule has 3 aromatic rings. The van der Waals surface area contributed by atoms with Gasteiger partial charge in [-0.05, 0) is 56.3 Å². The number of likely N-dealkylation sites (N-methyl/N-ethyl adjacent to an activating group) is 1. The summed E-state index contributed by atoms with van der Waals surface area (Å²) in [5.74, 6) is 0.133. The Morgan fingerprint density at radius 3 is 2.46 bits per heavy atom. The number of rotatable bonds is 6. The first-order chi connectivity index (χ1) is 17.8. The Bertz CT molecular complexity index is 1360. The van der Waals surface area contributed by atoms with Crippen LogP contribution >= 0.6 is 11.3 Å². The molecule has 1 aromatic carbocycles. The van der Waals surface area contributed by atoms with Gasteiger partial charge >= 0.3 is 0 Å². The molecule has 0 amide bonds. The maximum absolute atomic E-state index is 13.4. The highest BCUT2D eigenvalue weighted by Crippen LogP contribution is 2.65. The molecule has 198 valence electrons. The zero-order valence-corrected chi connectivity index (χ0v) is 22.9. The number of halogens is 1. The van der Waals surface area contributed by atoms with Gasteiger partial charge in [-0.25, -0.2) is 22.8 Å². The number of hydrogen-bond acceptors (Lipinski definition) is 7. The standard InChI is InChI=1S/C26H33FN6O2S2/c1-19(20-3-5-21(27)6-4-20)33-18-28-16-23(33)22-15-26(22)7-9-32(10-8-26)37(34,35)24-17-29-25(36-24)31-13-11-30(2)12-14-31/h3-6,16-19,22H,7-15H2,1-2H3. The van der Waals surface area contributed by atoms with Crippen molar-refractivity contribution in [2.75, 3.05) is 51.2 Å². The van der Waals surface area contributed by atoms with Crippen LogP contribution in [0.15, 0.2) is 47.2 Å². The highest BCUT2D eigenvalue weighted by atomic mass is 32.2. The number of hydrogen-bond donors (Lipinski definition) is 0. The number of imidazole rings is 1. The van der Waals surface area contributed by atoms with Crippen molar-refractivity contribution in [2.45, 2.75) is 42.4 Å². The lowest BCUT2D eigenvalue weighted by Crippen LogP contribution is -2.44. The molecule has 2 atom stereocenters. The summed E-state index contributed by atoms with van der Waals surface area (Å²) in [4.78, 5) is 13.3. The molecular formula is C26H33FN6O2S2. The van der Waals surface area contributed by atoms with E-state index in [2.05, 4.69) is 38.3 Å². The second-order valence-electron chi connectivity index (χ2n) is 10.7. The van der Waals surface area contributed by atoms with Crippen LogP contribution in [0.1, 0.15) is 49.4 Å². The Hall–Kier alpha value is -2.34. The number of thiazole rings is 1. The highest BCUT2D eigenvalue weighted by Gasteiger charge is 2.57. The third-order valence-electron chi connectivity index (χ3n) is 8.57. The van der Waals surface area contributed by atoms with Crippen LogP contribution in [0.4, 0.5) is 9.52 Å². The molecule has 2 aromatic heterocycles. The molecule has 0 N–H and O–H groups in total. The summed E-state index contributed by atoms with van der Waals surface area (Å²) >= 11 is 1.29. The van der Waals surface area contributed by atoms with Crippen molar-refractivity contribution < 1.29 is 12.8 Å². The SMILES string of the molecule is CC(c1ccc(F)cc1)n1cncc1C1CC12CCN(S(=O)(=O)c1cnc(N3CCN(C)CC3)s1)CC2. The fourth-order valence-corrected chi connectivity index (χ4v) is 8.71. The lowest BCUT2D eigenvalue weighted by Gasteiger charge is -2.32. The minimum Gasteiger partial charge on any atom is -0.345 e. The number of piperazine rings is 1. The van der Waals surface area contributed by atoms with Gasteiger partial charge in [-0.1, -0.05) is 23.5 Å². The van der Waals surface area contributed by atoms with E-state index in [9.17, 15) is 12.8 Å². The van der Waals surface area contributed by atoms with Gasteiger partial charge in [-0.2, -0.15) is 4.31 Å². The lowest BCUT2D eigenvalue weighted by molar-refractivity contribution is 0.250. The predicted octanol–water partition coefficient (Wildman–Crippen LogP) is 3.80. The maximum Gasteiger partial charge on any atom is 0.254 e. The first kappa shape index (κ1) is 25.0. The van der Waals surface area contributed by atoms with Crippen LogP contribution in [0.3, 0.4) is 0 Å². The van der Waals surface area contributed by atoms with E-state index in [0.29, 0.717) is 23.2 Å². The van der Waals surface area contributed by atoms with Gasteiger partial charge in [0.15, 0.2) is 9.34 Å². The normalized spacial score (nSPS) is 23.4. The molecule has 2 saturated heterocycles. The van der Waals surface area contributed by atoms with Gasteiger partial charge in [0, 0.05) is 57.1 Å². The van der Waals surface area contributed by atoms with Crippen LogP contribution in [0.25, 0.3) is 0 Å². The molecule has 8 nitrogen and oxygen atoms in total. The van der Waals surface area contributed by atoms with Gasteiger partial charge in [-0.15, -0.1) is 0 Å². The molecule has 37 heavy (non-hydrogen) atoms. The summed E-state index contributed by atoms with van der Waals surface area (Å²) in [6, 6.07) is 6.69. The lowest BCUT2D eigenvalue weighted by atomic mass is 9.91. The first-order valence-electron chi connectivity index (χ1n) is 12.9. The van der Waals surface area contributed by atoms with E-state index >= 15 is 0 Å². The minimum atomic E-state index is -3.54. The van der Waals surface area contributed by atoms with Crippen LogP contribution in [-0.4, -0.2) is 78.5 Å². The Morgan fingerprint density at radius 2 is 1.76 bits per heavy atom. The van der Waals surface area contributed by atoms with E-state index in [1.54, 1.807) is 4.31 Å². The fourth-order valence-electron chi connectivity index (χ4n) is 5.94. The van der Waals surface area contributed by atoms with E-state index in [1.807, 2.05) is 24.7 Å². The summed E-state index contributed by atoms with van der Waals surface area (Å²) in [5, 5.41) is 0.797. The van der Waals surface area contributed by atoms with E-state index in [1.165, 1.54) is 35.4 Å². The van der Waals surface area contributed by atoms with Gasteiger partial charge in [0.25, 0.3) is 10.0 Å². The molecule has 2 unspecified atom stereocenters. The number of nitrogens with zero attached hydrogens (tertiary/aromatic N) is 6. The summed E-state index contributed by atoms with van der Waals surface area (Å²) < 4.78 is 44.4. The third-order valence-corrected chi connectivity index (χ3v) is 12.0. The predicted molar refractivity (Wildman–Crippen MR) is 142 cm³/mol. The van der Waals surface area contributed by atoms with Crippen molar-refractivity contribution in [1.82, 2.24) is 23.7 Å².